The minimum atomic E-state index is -4.29. The first-order chi connectivity index (χ1) is 9.91. The number of aromatic nitrogens is 1. The molecule has 0 aliphatic carbocycles. The van der Waals surface area contributed by atoms with Crippen LogP contribution in [0.4, 0.5) is 13.2 Å². The summed E-state index contributed by atoms with van der Waals surface area (Å²) in [5, 5.41) is 3.19. The van der Waals surface area contributed by atoms with Crippen LogP contribution in [0.2, 0.25) is 0 Å². The Morgan fingerprint density at radius 3 is 2.33 bits per heavy atom. The first kappa shape index (κ1) is 15.5. The summed E-state index contributed by atoms with van der Waals surface area (Å²) in [5.41, 5.74) is 2.39. The van der Waals surface area contributed by atoms with Gasteiger partial charge in [0.05, 0.1) is 5.56 Å². The van der Waals surface area contributed by atoms with E-state index in [1.165, 1.54) is 12.1 Å². The van der Waals surface area contributed by atoms with Gasteiger partial charge in [-0.15, -0.1) is 0 Å². The van der Waals surface area contributed by atoms with Crippen LogP contribution in [0.15, 0.2) is 42.7 Å². The molecule has 0 fully saturated rings. The monoisotopic (exact) mass is 294 g/mol. The van der Waals surface area contributed by atoms with E-state index >= 15 is 0 Å². The summed E-state index contributed by atoms with van der Waals surface area (Å²) < 4.78 is 37.6. The molecule has 2 aromatic rings. The average Bonchev–Trinajstić information content (AvgIpc) is 2.45. The highest BCUT2D eigenvalue weighted by Gasteiger charge is 2.30. The summed E-state index contributed by atoms with van der Waals surface area (Å²) in [6, 6.07) is 7.25. The van der Waals surface area contributed by atoms with E-state index in [2.05, 4.69) is 10.3 Å². The molecule has 112 valence electrons. The van der Waals surface area contributed by atoms with Gasteiger partial charge in [-0.3, -0.25) is 4.98 Å². The number of nitrogens with zero attached hydrogens (tertiary/aromatic N) is 1. The largest absolute Gasteiger partial charge is 0.416 e. The Bertz CT molecular complexity index is 591. The van der Waals surface area contributed by atoms with Gasteiger partial charge in [-0.25, -0.2) is 0 Å². The number of alkyl halides is 3. The lowest BCUT2D eigenvalue weighted by Crippen LogP contribution is -2.20. The lowest BCUT2D eigenvalue weighted by atomic mass is 9.96. The van der Waals surface area contributed by atoms with Crippen molar-refractivity contribution in [3.8, 4) is 0 Å². The first-order valence-electron chi connectivity index (χ1n) is 6.65. The fourth-order valence-corrected chi connectivity index (χ4v) is 2.27. The molecular formula is C16H17F3N2. The van der Waals surface area contributed by atoms with Crippen LogP contribution < -0.4 is 5.32 Å². The maximum absolute atomic E-state index is 12.5. The van der Waals surface area contributed by atoms with Gasteiger partial charge in [0.15, 0.2) is 0 Å². The van der Waals surface area contributed by atoms with E-state index < -0.39 is 11.7 Å². The summed E-state index contributed by atoms with van der Waals surface area (Å²) in [6.07, 6.45) is -0.160. The van der Waals surface area contributed by atoms with Crippen LogP contribution in [0, 0.1) is 6.92 Å². The van der Waals surface area contributed by atoms with Crippen LogP contribution in [0.5, 0.6) is 0 Å². The van der Waals surface area contributed by atoms with Crippen LogP contribution in [0.3, 0.4) is 0 Å². The summed E-state index contributed by atoms with van der Waals surface area (Å²) in [4.78, 5) is 4.11. The van der Waals surface area contributed by atoms with Crippen LogP contribution in [-0.4, -0.2) is 12.0 Å². The number of halogens is 3. The fourth-order valence-electron chi connectivity index (χ4n) is 2.27. The molecule has 0 bridgehead atoms. The molecule has 5 heteroatoms. The molecule has 1 heterocycles. The topological polar surface area (TPSA) is 24.9 Å². The highest BCUT2D eigenvalue weighted by atomic mass is 19.4. The van der Waals surface area contributed by atoms with Crippen molar-refractivity contribution in [1.82, 2.24) is 10.3 Å². The van der Waals surface area contributed by atoms with E-state index in [1.807, 2.05) is 20.0 Å². The minimum Gasteiger partial charge on any atom is -0.313 e. The molecule has 0 radical (unpaired) electrons. The Morgan fingerprint density at radius 1 is 1.14 bits per heavy atom. The Hall–Kier alpha value is -1.88. The Labute approximate surface area is 122 Å². The van der Waals surface area contributed by atoms with Crippen molar-refractivity contribution in [3.05, 3.63) is 65.0 Å². The van der Waals surface area contributed by atoms with Crippen molar-refractivity contribution in [1.29, 1.82) is 0 Å². The van der Waals surface area contributed by atoms with E-state index in [0.29, 0.717) is 6.42 Å². The van der Waals surface area contributed by atoms with Gasteiger partial charge in [0.2, 0.25) is 0 Å². The van der Waals surface area contributed by atoms with Crippen molar-refractivity contribution in [3.63, 3.8) is 0 Å². The smallest absolute Gasteiger partial charge is 0.313 e. The second-order valence-corrected chi connectivity index (χ2v) is 4.97. The molecule has 1 N–H and O–H groups in total. The Morgan fingerprint density at radius 2 is 1.81 bits per heavy atom. The average molecular weight is 294 g/mol. The zero-order chi connectivity index (χ0) is 15.5. The van der Waals surface area contributed by atoms with Crippen molar-refractivity contribution < 1.29 is 13.2 Å². The van der Waals surface area contributed by atoms with E-state index in [0.717, 1.165) is 28.8 Å². The van der Waals surface area contributed by atoms with Crippen LogP contribution in [0.25, 0.3) is 0 Å². The lowest BCUT2D eigenvalue weighted by molar-refractivity contribution is -0.137. The van der Waals surface area contributed by atoms with Crippen molar-refractivity contribution in [2.45, 2.75) is 25.6 Å². The lowest BCUT2D eigenvalue weighted by Gasteiger charge is -2.18. The Balaban J connectivity index is 2.18. The maximum atomic E-state index is 12.5. The summed E-state index contributed by atoms with van der Waals surface area (Å²) in [7, 11) is 1.83. The minimum absolute atomic E-state index is 0.0236. The van der Waals surface area contributed by atoms with Crippen molar-refractivity contribution in [2.75, 3.05) is 7.05 Å². The molecule has 1 atom stereocenters. The number of aryl methyl sites for hydroxylation is 1. The van der Waals surface area contributed by atoms with Gasteiger partial charge in [0.1, 0.15) is 0 Å². The molecule has 0 aliphatic rings. The van der Waals surface area contributed by atoms with Crippen LogP contribution in [0.1, 0.15) is 28.3 Å². The molecule has 0 saturated heterocycles. The SMILES string of the molecule is CNC(Cc1ccc(C(F)(F)F)cc1)c1cnccc1C. The molecule has 2 rings (SSSR count). The first-order valence-corrected chi connectivity index (χ1v) is 6.65. The van der Waals surface area contributed by atoms with Gasteiger partial charge >= 0.3 is 6.18 Å². The molecule has 0 aliphatic heterocycles. The molecule has 0 amide bonds. The van der Waals surface area contributed by atoms with Gasteiger partial charge < -0.3 is 5.32 Å². The standard InChI is InChI=1S/C16H17F3N2/c1-11-7-8-21-10-14(11)15(20-2)9-12-3-5-13(6-4-12)16(17,18)19/h3-8,10,15,20H,9H2,1-2H3. The van der Waals surface area contributed by atoms with E-state index in [9.17, 15) is 13.2 Å². The van der Waals surface area contributed by atoms with Gasteiger partial charge in [-0.2, -0.15) is 13.2 Å². The molecule has 2 nitrogen and oxygen atoms in total. The third-order valence-electron chi connectivity index (χ3n) is 3.52. The molecule has 1 aromatic heterocycles. The second kappa shape index (κ2) is 6.26. The second-order valence-electron chi connectivity index (χ2n) is 4.97. The third kappa shape index (κ3) is 3.82. The molecular weight excluding hydrogens is 277 g/mol. The van der Waals surface area contributed by atoms with Crippen molar-refractivity contribution in [2.24, 2.45) is 0 Å². The third-order valence-corrected chi connectivity index (χ3v) is 3.52. The summed E-state index contributed by atoms with van der Waals surface area (Å²) in [5.74, 6) is 0. The van der Waals surface area contributed by atoms with Gasteiger partial charge in [0.25, 0.3) is 0 Å². The van der Waals surface area contributed by atoms with Gasteiger partial charge in [0, 0.05) is 18.4 Å². The predicted octanol–water partition coefficient (Wildman–Crippen LogP) is 3.91. The number of hydrogen-bond donors (Lipinski definition) is 1. The summed E-state index contributed by atoms with van der Waals surface area (Å²) in [6.45, 7) is 1.99. The van der Waals surface area contributed by atoms with Crippen molar-refractivity contribution >= 4 is 0 Å². The number of hydrogen-bond acceptors (Lipinski definition) is 2. The van der Waals surface area contributed by atoms with Gasteiger partial charge in [-0.1, -0.05) is 12.1 Å². The summed E-state index contributed by atoms with van der Waals surface area (Å²) >= 11 is 0. The predicted molar refractivity (Wildman–Crippen MR) is 75.9 cm³/mol. The molecule has 1 aromatic carbocycles. The fraction of sp³-hybridized carbons (Fsp3) is 0.312. The zero-order valence-electron chi connectivity index (χ0n) is 11.9. The number of rotatable bonds is 4. The number of benzene rings is 1. The van der Waals surface area contributed by atoms with E-state index in [-0.39, 0.29) is 6.04 Å². The normalized spacial score (nSPS) is 13.2. The molecule has 21 heavy (non-hydrogen) atoms. The van der Waals surface area contributed by atoms with E-state index in [4.69, 9.17) is 0 Å². The quantitative estimate of drug-likeness (QED) is 0.924. The zero-order valence-corrected chi connectivity index (χ0v) is 11.9. The highest BCUT2D eigenvalue weighted by molar-refractivity contribution is 5.30. The van der Waals surface area contributed by atoms with Crippen LogP contribution >= 0.6 is 0 Å². The molecule has 0 saturated carbocycles. The Kier molecular flexibility index (Phi) is 4.63. The van der Waals surface area contributed by atoms with Crippen LogP contribution in [-0.2, 0) is 12.6 Å². The number of pyridine rings is 1. The highest BCUT2D eigenvalue weighted by Crippen LogP contribution is 2.30. The van der Waals surface area contributed by atoms with Gasteiger partial charge in [-0.05, 0) is 55.3 Å². The maximum Gasteiger partial charge on any atom is 0.416 e. The molecule has 0 spiro atoms. The number of likely N-dealkylation sites (N-methyl/N-ethyl adjacent to an activating group) is 1. The van der Waals surface area contributed by atoms with E-state index in [1.54, 1.807) is 12.4 Å². The molecule has 1 unspecified atom stereocenters. The number of nitrogens with one attached hydrogen (secondary N) is 1.